The minimum Gasteiger partial charge on any atom is -0.497 e. The fourth-order valence-corrected chi connectivity index (χ4v) is 1.89. The van der Waals surface area contributed by atoms with Gasteiger partial charge in [-0.2, -0.15) is 5.26 Å². The molecule has 0 saturated carbocycles. The van der Waals surface area contributed by atoms with Gasteiger partial charge in [0.05, 0.1) is 19.8 Å². The van der Waals surface area contributed by atoms with E-state index in [1.54, 1.807) is 20.1 Å². The first-order chi connectivity index (χ1) is 8.13. The number of methoxy groups -OCH3 is 1. The summed E-state index contributed by atoms with van der Waals surface area (Å²) in [6.07, 6.45) is 5.54. The Morgan fingerprint density at radius 2 is 2.35 bits per heavy atom. The minimum absolute atomic E-state index is 0.0732. The zero-order chi connectivity index (χ0) is 12.8. The lowest BCUT2D eigenvalue weighted by molar-refractivity contribution is -0.147. The Labute approximate surface area is 102 Å². The Morgan fingerprint density at radius 1 is 1.65 bits per heavy atom. The van der Waals surface area contributed by atoms with Crippen molar-refractivity contribution in [3.8, 4) is 6.07 Å². The van der Waals surface area contributed by atoms with Crippen molar-refractivity contribution in [3.05, 3.63) is 24.0 Å². The van der Waals surface area contributed by atoms with Gasteiger partial charge in [0.25, 0.3) is 0 Å². The van der Waals surface area contributed by atoms with Crippen LogP contribution in [0, 0.1) is 29.1 Å². The van der Waals surface area contributed by atoms with Crippen LogP contribution in [-0.4, -0.2) is 19.7 Å². The van der Waals surface area contributed by atoms with Gasteiger partial charge in [-0.1, -0.05) is 13.0 Å². The molecule has 0 fully saturated rings. The second-order valence-corrected chi connectivity index (χ2v) is 3.93. The van der Waals surface area contributed by atoms with Gasteiger partial charge in [-0.25, -0.2) is 0 Å². The molecule has 0 aromatic carbocycles. The number of ether oxygens (including phenoxy) is 2. The highest BCUT2D eigenvalue weighted by molar-refractivity contribution is 5.76. The van der Waals surface area contributed by atoms with Gasteiger partial charge >= 0.3 is 5.97 Å². The smallest absolute Gasteiger partial charge is 0.323 e. The molecule has 0 N–H and O–H groups in total. The predicted octanol–water partition coefficient (Wildman–Crippen LogP) is 2.04. The lowest BCUT2D eigenvalue weighted by atomic mass is 9.80. The Balaban J connectivity index is 2.80. The van der Waals surface area contributed by atoms with E-state index in [1.807, 2.05) is 25.1 Å². The van der Waals surface area contributed by atoms with Crippen LogP contribution in [0.3, 0.4) is 0 Å². The summed E-state index contributed by atoms with van der Waals surface area (Å²) in [6, 6.07) is 2.02. The molecule has 1 unspecified atom stereocenters. The van der Waals surface area contributed by atoms with E-state index >= 15 is 0 Å². The van der Waals surface area contributed by atoms with Crippen molar-refractivity contribution in [2.24, 2.45) is 17.8 Å². The summed E-state index contributed by atoms with van der Waals surface area (Å²) >= 11 is 0. The van der Waals surface area contributed by atoms with Gasteiger partial charge in [-0.05, 0) is 25.0 Å². The lowest BCUT2D eigenvalue weighted by Gasteiger charge is -2.25. The number of carbonyl (C=O) groups excluding carboxylic acids is 1. The summed E-state index contributed by atoms with van der Waals surface area (Å²) in [7, 11) is 1.59. The van der Waals surface area contributed by atoms with Crippen molar-refractivity contribution in [1.29, 1.82) is 5.26 Å². The first-order valence-corrected chi connectivity index (χ1v) is 5.64. The van der Waals surface area contributed by atoms with Crippen molar-refractivity contribution >= 4 is 5.97 Å². The Hall–Kier alpha value is -1.76. The molecule has 0 aliphatic heterocycles. The molecule has 17 heavy (non-hydrogen) atoms. The molecule has 0 aromatic rings. The fraction of sp³-hybridized carbons (Fsp3) is 0.538. The summed E-state index contributed by atoms with van der Waals surface area (Å²) < 4.78 is 10.0. The lowest BCUT2D eigenvalue weighted by Crippen LogP contribution is -2.28. The summed E-state index contributed by atoms with van der Waals surface area (Å²) in [5, 5.41) is 9.08. The van der Waals surface area contributed by atoms with Crippen LogP contribution in [0.4, 0.5) is 0 Å². The van der Waals surface area contributed by atoms with Crippen LogP contribution in [0.25, 0.3) is 0 Å². The molecule has 0 aromatic heterocycles. The van der Waals surface area contributed by atoms with E-state index in [-0.39, 0.29) is 11.8 Å². The fourth-order valence-electron chi connectivity index (χ4n) is 1.89. The van der Waals surface area contributed by atoms with Crippen molar-refractivity contribution in [3.63, 3.8) is 0 Å². The van der Waals surface area contributed by atoms with Crippen LogP contribution in [0.5, 0.6) is 0 Å². The van der Waals surface area contributed by atoms with Crippen LogP contribution in [0.1, 0.15) is 13.8 Å². The molecular weight excluding hydrogens is 218 g/mol. The third-order valence-corrected chi connectivity index (χ3v) is 2.82. The van der Waals surface area contributed by atoms with Crippen LogP contribution in [0.2, 0.25) is 0 Å². The number of carbonyl (C=O) groups is 1. The van der Waals surface area contributed by atoms with Crippen LogP contribution < -0.4 is 0 Å². The van der Waals surface area contributed by atoms with Crippen molar-refractivity contribution in [1.82, 2.24) is 0 Å². The Morgan fingerprint density at radius 3 is 2.82 bits per heavy atom. The highest BCUT2D eigenvalue weighted by Crippen LogP contribution is 2.29. The molecule has 1 aliphatic rings. The predicted molar refractivity (Wildman–Crippen MR) is 62.6 cm³/mol. The Bertz CT molecular complexity index is 379. The summed E-state index contributed by atoms with van der Waals surface area (Å²) in [6.45, 7) is 3.98. The van der Waals surface area contributed by atoms with Crippen LogP contribution >= 0.6 is 0 Å². The zero-order valence-electron chi connectivity index (χ0n) is 10.3. The average molecular weight is 235 g/mol. The molecule has 0 spiro atoms. The van der Waals surface area contributed by atoms with Crippen molar-refractivity contribution in [2.75, 3.05) is 13.7 Å². The molecule has 0 heterocycles. The third-order valence-electron chi connectivity index (χ3n) is 2.82. The first kappa shape index (κ1) is 13.3. The van der Waals surface area contributed by atoms with E-state index in [4.69, 9.17) is 14.7 Å². The molecule has 4 nitrogen and oxygen atoms in total. The number of nitriles is 1. The number of hydrogen-bond acceptors (Lipinski definition) is 4. The molecule has 0 amide bonds. The standard InChI is InChI=1S/C13H17NO3/c1-4-17-13(15)12(8-14)11-6-5-10(16-3)7-9(11)2/h5-7,9,11-12H,4H2,1-3H3/t9-,11+,12?/m1/s1. The van der Waals surface area contributed by atoms with Crippen molar-refractivity contribution in [2.45, 2.75) is 13.8 Å². The molecule has 92 valence electrons. The van der Waals surface area contributed by atoms with Gasteiger partial charge in [0.2, 0.25) is 0 Å². The second kappa shape index (κ2) is 6.09. The number of nitrogens with zero attached hydrogens (tertiary/aromatic N) is 1. The van der Waals surface area contributed by atoms with Crippen LogP contribution in [-0.2, 0) is 14.3 Å². The number of hydrogen-bond donors (Lipinski definition) is 0. The Kier molecular flexibility index (Phi) is 4.77. The maximum absolute atomic E-state index is 11.6. The van der Waals surface area contributed by atoms with Crippen molar-refractivity contribution < 1.29 is 14.3 Å². The first-order valence-electron chi connectivity index (χ1n) is 5.64. The van der Waals surface area contributed by atoms with Gasteiger partial charge in [0.15, 0.2) is 5.92 Å². The largest absolute Gasteiger partial charge is 0.497 e. The summed E-state index contributed by atoms with van der Waals surface area (Å²) in [4.78, 5) is 11.6. The average Bonchev–Trinajstić information content (AvgIpc) is 2.32. The second-order valence-electron chi connectivity index (χ2n) is 3.93. The number of esters is 1. The third kappa shape index (κ3) is 3.10. The van der Waals surface area contributed by atoms with E-state index in [1.165, 1.54) is 0 Å². The molecule has 0 bridgehead atoms. The number of rotatable bonds is 4. The summed E-state index contributed by atoms with van der Waals surface area (Å²) in [5.41, 5.74) is 0. The molecule has 4 heteroatoms. The number of allylic oxidation sites excluding steroid dienone is 3. The minimum atomic E-state index is -0.754. The van der Waals surface area contributed by atoms with E-state index in [0.717, 1.165) is 5.76 Å². The normalized spacial score (nSPS) is 24.5. The van der Waals surface area contributed by atoms with Gasteiger partial charge in [-0.15, -0.1) is 0 Å². The highest BCUT2D eigenvalue weighted by Gasteiger charge is 2.32. The molecule has 1 rings (SSSR count). The molecule has 3 atom stereocenters. The van der Waals surface area contributed by atoms with Gasteiger partial charge in [0.1, 0.15) is 5.76 Å². The SMILES string of the molecule is CCOC(=O)C(C#N)[C@H]1C=CC(OC)=C[C@H]1C. The van der Waals surface area contributed by atoms with E-state index in [2.05, 4.69) is 0 Å². The molecule has 0 saturated heterocycles. The molecule has 1 aliphatic carbocycles. The highest BCUT2D eigenvalue weighted by atomic mass is 16.5. The monoisotopic (exact) mass is 235 g/mol. The van der Waals surface area contributed by atoms with Crippen LogP contribution in [0.15, 0.2) is 24.0 Å². The molecular formula is C13H17NO3. The molecule has 0 radical (unpaired) electrons. The van der Waals surface area contributed by atoms with Gasteiger partial charge in [-0.3, -0.25) is 4.79 Å². The van der Waals surface area contributed by atoms with Gasteiger partial charge < -0.3 is 9.47 Å². The zero-order valence-corrected chi connectivity index (χ0v) is 10.3. The maximum atomic E-state index is 11.6. The van der Waals surface area contributed by atoms with Gasteiger partial charge in [0, 0.05) is 5.92 Å². The van der Waals surface area contributed by atoms with E-state index in [0.29, 0.717) is 6.61 Å². The van der Waals surface area contributed by atoms with E-state index < -0.39 is 11.9 Å². The van der Waals surface area contributed by atoms with E-state index in [9.17, 15) is 4.79 Å². The summed E-state index contributed by atoms with van der Waals surface area (Å²) in [5.74, 6) is -0.530. The quantitative estimate of drug-likeness (QED) is 0.700. The topological polar surface area (TPSA) is 59.3 Å². The maximum Gasteiger partial charge on any atom is 0.323 e.